The Morgan fingerprint density at radius 3 is 2.17 bits per heavy atom. The Bertz CT molecular complexity index is 518. The third kappa shape index (κ3) is 2.64. The Balaban J connectivity index is 2.59. The lowest BCUT2D eigenvalue weighted by molar-refractivity contribution is 0.604. The van der Waals surface area contributed by atoms with Gasteiger partial charge < -0.3 is 0 Å². The largest absolute Gasteiger partial charge is 0.241 e. The fraction of sp³-hybridized carbons (Fsp3) is 0.438. The van der Waals surface area contributed by atoms with Gasteiger partial charge in [-0.2, -0.15) is 0 Å². The van der Waals surface area contributed by atoms with Crippen LogP contribution in [0, 0.1) is 0 Å². The Morgan fingerprint density at radius 1 is 1.06 bits per heavy atom. The van der Waals surface area contributed by atoms with Crippen molar-refractivity contribution in [3.05, 3.63) is 40.2 Å². The van der Waals surface area contributed by atoms with Crippen LogP contribution in [-0.2, 0) is 5.41 Å². The fourth-order valence-corrected chi connectivity index (χ4v) is 3.03. The van der Waals surface area contributed by atoms with Gasteiger partial charge in [0, 0.05) is 16.4 Å². The van der Waals surface area contributed by atoms with Gasteiger partial charge >= 0.3 is 0 Å². The van der Waals surface area contributed by atoms with Crippen molar-refractivity contribution in [1.82, 2.24) is 4.98 Å². The summed E-state index contributed by atoms with van der Waals surface area (Å²) in [5, 5.41) is 1.23. The van der Waals surface area contributed by atoms with Crippen molar-refractivity contribution in [2.24, 2.45) is 0 Å². The van der Waals surface area contributed by atoms with Crippen molar-refractivity contribution in [2.45, 2.75) is 46.0 Å². The number of nitrogens with zero attached hydrogens (tertiary/aromatic N) is 1. The molecule has 1 nitrogen and oxygen atoms in total. The zero-order valence-corrected chi connectivity index (χ0v) is 12.6. The minimum Gasteiger partial charge on any atom is -0.241 e. The zero-order chi connectivity index (χ0) is 13.3. The van der Waals surface area contributed by atoms with E-state index < -0.39 is 0 Å². The van der Waals surface area contributed by atoms with Gasteiger partial charge in [0.25, 0.3) is 0 Å². The van der Waals surface area contributed by atoms with E-state index >= 15 is 0 Å². The molecule has 0 radical (unpaired) electrons. The van der Waals surface area contributed by atoms with Gasteiger partial charge in [-0.05, 0) is 5.41 Å². The molecule has 0 fully saturated rings. The molecule has 18 heavy (non-hydrogen) atoms. The van der Waals surface area contributed by atoms with Crippen LogP contribution in [0.3, 0.4) is 0 Å². The molecule has 0 bridgehead atoms. The van der Waals surface area contributed by atoms with Crippen LogP contribution in [0.4, 0.5) is 0 Å². The summed E-state index contributed by atoms with van der Waals surface area (Å²) < 4.78 is 0. The van der Waals surface area contributed by atoms with Crippen LogP contribution in [-0.4, -0.2) is 4.98 Å². The highest BCUT2D eigenvalue weighted by Gasteiger charge is 2.24. The standard InChI is InChI=1S/C16H21NS/c1-11(2)15-17-13(12-9-7-6-8-10-12)14(18-15)16(3,4)5/h6-11H,1-5H3. The molecular weight excluding hydrogens is 238 g/mol. The molecule has 1 aromatic heterocycles. The van der Waals surface area contributed by atoms with Crippen LogP contribution < -0.4 is 0 Å². The molecule has 0 aliphatic carbocycles. The normalized spacial score (nSPS) is 12.1. The molecule has 0 aliphatic heterocycles. The van der Waals surface area contributed by atoms with E-state index in [-0.39, 0.29) is 5.41 Å². The average molecular weight is 259 g/mol. The minimum atomic E-state index is 0.149. The number of thiazole rings is 1. The van der Waals surface area contributed by atoms with Gasteiger partial charge in [-0.1, -0.05) is 65.0 Å². The summed E-state index contributed by atoms with van der Waals surface area (Å²) >= 11 is 1.86. The molecule has 0 saturated carbocycles. The number of hydrogen-bond acceptors (Lipinski definition) is 2. The van der Waals surface area contributed by atoms with E-state index in [9.17, 15) is 0 Å². The molecule has 0 spiro atoms. The van der Waals surface area contributed by atoms with Crippen molar-refractivity contribution in [1.29, 1.82) is 0 Å². The molecule has 0 saturated heterocycles. The first-order chi connectivity index (χ1) is 8.39. The van der Waals surface area contributed by atoms with Crippen molar-refractivity contribution in [3.8, 4) is 11.3 Å². The van der Waals surface area contributed by atoms with Crippen molar-refractivity contribution < 1.29 is 0 Å². The molecule has 1 heterocycles. The quantitative estimate of drug-likeness (QED) is 0.719. The van der Waals surface area contributed by atoms with Crippen molar-refractivity contribution in [2.75, 3.05) is 0 Å². The monoisotopic (exact) mass is 259 g/mol. The summed E-state index contributed by atoms with van der Waals surface area (Å²) in [6.07, 6.45) is 0. The van der Waals surface area contributed by atoms with Crippen LogP contribution in [0.5, 0.6) is 0 Å². The predicted octanol–water partition coefficient (Wildman–Crippen LogP) is 5.23. The SMILES string of the molecule is CC(C)c1nc(-c2ccccc2)c(C(C)(C)C)s1. The lowest BCUT2D eigenvalue weighted by atomic mass is 9.91. The lowest BCUT2D eigenvalue weighted by Crippen LogP contribution is -2.10. The second kappa shape index (κ2) is 4.85. The first-order valence-electron chi connectivity index (χ1n) is 6.46. The van der Waals surface area contributed by atoms with Crippen LogP contribution in [0.25, 0.3) is 11.3 Å². The Morgan fingerprint density at radius 2 is 1.67 bits per heavy atom. The molecule has 96 valence electrons. The molecule has 2 rings (SSSR count). The maximum atomic E-state index is 4.86. The number of aromatic nitrogens is 1. The van der Waals surface area contributed by atoms with Gasteiger partial charge in [-0.3, -0.25) is 0 Å². The summed E-state index contributed by atoms with van der Waals surface area (Å²) in [4.78, 5) is 6.25. The minimum absolute atomic E-state index is 0.149. The van der Waals surface area contributed by atoms with Gasteiger partial charge in [-0.15, -0.1) is 11.3 Å². The van der Waals surface area contributed by atoms with Gasteiger partial charge in [-0.25, -0.2) is 4.98 Å². The third-order valence-electron chi connectivity index (χ3n) is 2.87. The average Bonchev–Trinajstić information content (AvgIpc) is 2.74. The van der Waals surface area contributed by atoms with E-state index in [0.717, 1.165) is 5.69 Å². The van der Waals surface area contributed by atoms with Crippen LogP contribution in [0.2, 0.25) is 0 Å². The van der Waals surface area contributed by atoms with Gasteiger partial charge in [0.1, 0.15) is 0 Å². The molecule has 0 aliphatic rings. The molecule has 0 unspecified atom stereocenters. The molecule has 2 heteroatoms. The lowest BCUT2D eigenvalue weighted by Gasteiger charge is -2.17. The highest BCUT2D eigenvalue weighted by Crippen LogP contribution is 2.39. The first kappa shape index (κ1) is 13.3. The van der Waals surface area contributed by atoms with E-state index in [0.29, 0.717) is 5.92 Å². The van der Waals surface area contributed by atoms with Gasteiger partial charge in [0.05, 0.1) is 10.7 Å². The fourth-order valence-electron chi connectivity index (χ4n) is 1.88. The van der Waals surface area contributed by atoms with E-state index in [1.165, 1.54) is 15.4 Å². The molecule has 0 amide bonds. The van der Waals surface area contributed by atoms with Gasteiger partial charge in [0.15, 0.2) is 0 Å². The van der Waals surface area contributed by atoms with E-state index in [1.807, 2.05) is 11.3 Å². The Kier molecular flexibility index (Phi) is 3.58. The molecule has 0 atom stereocenters. The van der Waals surface area contributed by atoms with Crippen LogP contribution in [0.15, 0.2) is 30.3 Å². The maximum Gasteiger partial charge on any atom is 0.0961 e. The summed E-state index contributed by atoms with van der Waals surface area (Å²) in [5.41, 5.74) is 2.54. The summed E-state index contributed by atoms with van der Waals surface area (Å²) in [6.45, 7) is 11.2. The van der Waals surface area contributed by atoms with Gasteiger partial charge in [0.2, 0.25) is 0 Å². The zero-order valence-electron chi connectivity index (χ0n) is 11.8. The van der Waals surface area contributed by atoms with Crippen molar-refractivity contribution >= 4 is 11.3 Å². The maximum absolute atomic E-state index is 4.86. The number of rotatable bonds is 2. The number of benzene rings is 1. The molecule has 2 aromatic rings. The summed E-state index contributed by atoms with van der Waals surface area (Å²) in [5.74, 6) is 0.494. The summed E-state index contributed by atoms with van der Waals surface area (Å²) in [6, 6.07) is 10.5. The molecule has 1 aromatic carbocycles. The topological polar surface area (TPSA) is 12.9 Å². The van der Waals surface area contributed by atoms with Crippen LogP contribution >= 0.6 is 11.3 Å². The predicted molar refractivity (Wildman–Crippen MR) is 80.3 cm³/mol. The smallest absolute Gasteiger partial charge is 0.0961 e. The Labute approximate surface area is 114 Å². The summed E-state index contributed by atoms with van der Waals surface area (Å²) in [7, 11) is 0. The highest BCUT2D eigenvalue weighted by atomic mass is 32.1. The number of hydrogen-bond donors (Lipinski definition) is 0. The third-order valence-corrected chi connectivity index (χ3v) is 4.65. The Hall–Kier alpha value is -1.15. The van der Waals surface area contributed by atoms with E-state index in [4.69, 9.17) is 4.98 Å². The van der Waals surface area contributed by atoms with E-state index in [1.54, 1.807) is 0 Å². The second-order valence-corrected chi connectivity index (χ2v) is 7.03. The molecular formula is C16H21NS. The van der Waals surface area contributed by atoms with Crippen molar-refractivity contribution in [3.63, 3.8) is 0 Å². The van der Waals surface area contributed by atoms with Crippen LogP contribution in [0.1, 0.15) is 50.4 Å². The molecule has 0 N–H and O–H groups in total. The highest BCUT2D eigenvalue weighted by molar-refractivity contribution is 7.12. The van der Waals surface area contributed by atoms with E-state index in [2.05, 4.69) is 65.0 Å². The first-order valence-corrected chi connectivity index (χ1v) is 7.28. The second-order valence-electron chi connectivity index (χ2n) is 6.00.